The van der Waals surface area contributed by atoms with Gasteiger partial charge >= 0.3 is 0 Å². The summed E-state index contributed by atoms with van der Waals surface area (Å²) in [5.74, 6) is 0.662. The molecular weight excluding hydrogens is 260 g/mol. The van der Waals surface area contributed by atoms with Gasteiger partial charge in [-0.05, 0) is 36.1 Å². The molecule has 1 unspecified atom stereocenters. The molecule has 19 heavy (non-hydrogen) atoms. The minimum atomic E-state index is -3.15. The lowest BCUT2D eigenvalue weighted by Crippen LogP contribution is -2.43. The molecule has 1 atom stereocenters. The lowest BCUT2D eigenvalue weighted by atomic mass is 10.0. The maximum absolute atomic E-state index is 12.1. The van der Waals surface area contributed by atoms with Crippen molar-refractivity contribution in [2.45, 2.75) is 53.0 Å². The molecule has 0 amide bonds. The van der Waals surface area contributed by atoms with Gasteiger partial charge in [-0.3, -0.25) is 0 Å². The van der Waals surface area contributed by atoms with Crippen molar-refractivity contribution in [3.63, 3.8) is 0 Å². The van der Waals surface area contributed by atoms with Gasteiger partial charge in [0.25, 0.3) is 0 Å². The van der Waals surface area contributed by atoms with Crippen molar-refractivity contribution >= 4 is 10.0 Å². The van der Waals surface area contributed by atoms with Crippen LogP contribution >= 0.6 is 0 Å². The Kier molecular flexibility index (Phi) is 4.02. The van der Waals surface area contributed by atoms with Gasteiger partial charge in [0, 0.05) is 12.6 Å². The second-order valence-electron chi connectivity index (χ2n) is 7.27. The maximum Gasteiger partial charge on any atom is 0.213 e. The van der Waals surface area contributed by atoms with Crippen LogP contribution in [-0.4, -0.2) is 33.3 Å². The highest BCUT2D eigenvalue weighted by molar-refractivity contribution is 7.89. The van der Waals surface area contributed by atoms with E-state index in [1.54, 1.807) is 0 Å². The van der Waals surface area contributed by atoms with Gasteiger partial charge < -0.3 is 5.32 Å². The van der Waals surface area contributed by atoms with Gasteiger partial charge in [0.15, 0.2) is 0 Å². The minimum absolute atomic E-state index is 0.131. The Labute approximate surface area is 117 Å². The Hall–Kier alpha value is -0.130. The van der Waals surface area contributed by atoms with Gasteiger partial charge in [-0.15, -0.1) is 0 Å². The fourth-order valence-electron chi connectivity index (χ4n) is 3.44. The molecule has 1 saturated carbocycles. The molecule has 1 saturated heterocycles. The van der Waals surface area contributed by atoms with Crippen LogP contribution in [-0.2, 0) is 10.0 Å². The molecule has 5 heteroatoms. The van der Waals surface area contributed by atoms with Gasteiger partial charge in [-0.2, -0.15) is 0 Å². The third-order valence-electron chi connectivity index (χ3n) is 5.66. The maximum atomic E-state index is 12.1. The van der Waals surface area contributed by atoms with Gasteiger partial charge in [0.05, 0.1) is 5.75 Å². The van der Waals surface area contributed by atoms with Crippen molar-refractivity contribution in [2.75, 3.05) is 18.8 Å². The highest BCUT2D eigenvalue weighted by Crippen LogP contribution is 2.67. The SMILES string of the molecule is CC1(C)C(CNS(=O)(=O)CC2CCCCN2)C1(C)C. The molecule has 1 heterocycles. The normalized spacial score (nSPS) is 30.2. The third-order valence-corrected chi connectivity index (χ3v) is 7.11. The molecule has 0 radical (unpaired) electrons. The fourth-order valence-corrected chi connectivity index (χ4v) is 4.80. The fraction of sp³-hybridized carbons (Fsp3) is 1.00. The Balaban J connectivity index is 1.82. The van der Waals surface area contributed by atoms with Crippen LogP contribution in [0.5, 0.6) is 0 Å². The molecule has 1 aliphatic heterocycles. The summed E-state index contributed by atoms with van der Waals surface area (Å²) in [6.45, 7) is 10.4. The standard InChI is InChI=1S/C14H28N2O2S/c1-13(2)12(14(13,3)4)9-16-19(17,18)10-11-7-5-6-8-15-11/h11-12,15-16H,5-10H2,1-4H3. The van der Waals surface area contributed by atoms with E-state index < -0.39 is 10.0 Å². The van der Waals surface area contributed by atoms with Crippen LogP contribution in [0, 0.1) is 16.7 Å². The Morgan fingerprint density at radius 2 is 1.79 bits per heavy atom. The topological polar surface area (TPSA) is 58.2 Å². The first-order chi connectivity index (χ1) is 8.67. The van der Waals surface area contributed by atoms with Gasteiger partial charge in [-0.25, -0.2) is 13.1 Å². The zero-order valence-corrected chi connectivity index (χ0v) is 13.4. The molecule has 0 spiro atoms. The van der Waals surface area contributed by atoms with E-state index in [0.717, 1.165) is 25.8 Å². The smallest absolute Gasteiger partial charge is 0.213 e. The molecular formula is C14H28N2O2S. The number of nitrogens with one attached hydrogen (secondary N) is 2. The van der Waals surface area contributed by atoms with Crippen LogP contribution in [0.15, 0.2) is 0 Å². The average molecular weight is 288 g/mol. The first-order valence-electron chi connectivity index (χ1n) is 7.37. The Morgan fingerprint density at radius 1 is 1.16 bits per heavy atom. The summed E-state index contributed by atoms with van der Waals surface area (Å²) in [4.78, 5) is 0. The number of hydrogen-bond acceptors (Lipinski definition) is 3. The second kappa shape index (κ2) is 5.01. The summed E-state index contributed by atoms with van der Waals surface area (Å²) < 4.78 is 27.0. The van der Waals surface area contributed by atoms with Crippen molar-refractivity contribution in [1.82, 2.24) is 10.0 Å². The molecule has 0 bridgehead atoms. The second-order valence-corrected chi connectivity index (χ2v) is 9.12. The van der Waals surface area contributed by atoms with E-state index in [4.69, 9.17) is 0 Å². The first-order valence-corrected chi connectivity index (χ1v) is 9.03. The molecule has 1 aliphatic carbocycles. The van der Waals surface area contributed by atoms with Crippen LogP contribution in [0.1, 0.15) is 47.0 Å². The number of sulfonamides is 1. The number of rotatable bonds is 5. The molecule has 0 aromatic carbocycles. The largest absolute Gasteiger partial charge is 0.313 e. The summed E-state index contributed by atoms with van der Waals surface area (Å²) in [7, 11) is -3.15. The Morgan fingerprint density at radius 3 is 2.26 bits per heavy atom. The van der Waals surface area contributed by atoms with Gasteiger partial charge in [-0.1, -0.05) is 34.1 Å². The molecule has 112 valence electrons. The lowest BCUT2D eigenvalue weighted by Gasteiger charge is -2.23. The summed E-state index contributed by atoms with van der Waals surface area (Å²) in [5, 5.41) is 3.29. The van der Waals surface area contributed by atoms with Crippen molar-refractivity contribution in [1.29, 1.82) is 0 Å². The third kappa shape index (κ3) is 3.14. The summed E-state index contributed by atoms with van der Waals surface area (Å²) >= 11 is 0. The van der Waals surface area contributed by atoms with Crippen LogP contribution in [0.25, 0.3) is 0 Å². The van der Waals surface area contributed by atoms with Crippen LogP contribution in [0.3, 0.4) is 0 Å². The van der Waals surface area contributed by atoms with Crippen molar-refractivity contribution < 1.29 is 8.42 Å². The van der Waals surface area contributed by atoms with Crippen molar-refractivity contribution in [3.8, 4) is 0 Å². The summed E-state index contributed by atoms with van der Waals surface area (Å²) in [6, 6.07) is 0.131. The van der Waals surface area contributed by atoms with Crippen LogP contribution < -0.4 is 10.0 Å². The zero-order chi connectivity index (χ0) is 14.3. The van der Waals surface area contributed by atoms with E-state index in [1.807, 2.05) is 0 Å². The van der Waals surface area contributed by atoms with E-state index in [9.17, 15) is 8.42 Å². The van der Waals surface area contributed by atoms with E-state index in [0.29, 0.717) is 12.5 Å². The van der Waals surface area contributed by atoms with Crippen molar-refractivity contribution in [3.05, 3.63) is 0 Å². The van der Waals surface area contributed by atoms with E-state index >= 15 is 0 Å². The van der Waals surface area contributed by atoms with E-state index in [2.05, 4.69) is 37.7 Å². The lowest BCUT2D eigenvalue weighted by molar-refractivity contribution is 0.422. The average Bonchev–Trinajstić information content (AvgIpc) is 2.67. The predicted molar refractivity (Wildman–Crippen MR) is 78.5 cm³/mol. The highest BCUT2D eigenvalue weighted by Gasteiger charge is 2.64. The zero-order valence-electron chi connectivity index (χ0n) is 12.6. The summed E-state index contributed by atoms with van der Waals surface area (Å²) in [6.07, 6.45) is 3.27. The molecule has 2 N–H and O–H groups in total. The van der Waals surface area contributed by atoms with Crippen LogP contribution in [0.2, 0.25) is 0 Å². The monoisotopic (exact) mass is 288 g/mol. The first kappa shape index (κ1) is 15.3. The van der Waals surface area contributed by atoms with Crippen molar-refractivity contribution in [2.24, 2.45) is 16.7 Å². The minimum Gasteiger partial charge on any atom is -0.313 e. The summed E-state index contributed by atoms with van der Waals surface area (Å²) in [5.41, 5.74) is 0.469. The number of hydrogen-bond donors (Lipinski definition) is 2. The quantitative estimate of drug-likeness (QED) is 0.810. The molecule has 2 rings (SSSR count). The van der Waals surface area contributed by atoms with Gasteiger partial charge in [0.2, 0.25) is 10.0 Å². The molecule has 2 fully saturated rings. The van der Waals surface area contributed by atoms with Gasteiger partial charge in [0.1, 0.15) is 0 Å². The van der Waals surface area contributed by atoms with Crippen LogP contribution in [0.4, 0.5) is 0 Å². The molecule has 4 nitrogen and oxygen atoms in total. The number of piperidine rings is 1. The predicted octanol–water partition coefficient (Wildman–Crippen LogP) is 1.73. The molecule has 2 aliphatic rings. The molecule has 0 aromatic rings. The van der Waals surface area contributed by atoms with E-state index in [1.165, 1.54) is 0 Å². The van der Waals surface area contributed by atoms with E-state index in [-0.39, 0.29) is 22.6 Å². The highest BCUT2D eigenvalue weighted by atomic mass is 32.2. The molecule has 0 aromatic heterocycles. The Bertz CT molecular complexity index is 409.